The largest absolute Gasteiger partial charge is 0.449 e. The Morgan fingerprint density at radius 1 is 0.652 bits per heavy atom. The minimum absolute atomic E-state index is 0.00866. The zero-order valence-electron chi connectivity index (χ0n) is 26.8. The minimum atomic E-state index is -4.76. The monoisotopic (exact) mass is 642 g/mol. The molecule has 0 amide bonds. The number of benzene rings is 3. The number of ether oxygens (including phenoxy) is 3. The Morgan fingerprint density at radius 3 is 1.96 bits per heavy atom. The van der Waals surface area contributed by atoms with E-state index in [2.05, 4.69) is 6.92 Å². The molecule has 3 aromatic carbocycles. The molecule has 0 aliphatic carbocycles. The van der Waals surface area contributed by atoms with Gasteiger partial charge in [0.2, 0.25) is 0 Å². The number of hydrogen-bond acceptors (Lipinski definition) is 6. The Hall–Kier alpha value is -3.88. The molecule has 0 heterocycles. The quantitative estimate of drug-likeness (QED) is 0.0735. The molecule has 9 heteroatoms. The highest BCUT2D eigenvalue weighted by Crippen LogP contribution is 2.34. The van der Waals surface area contributed by atoms with E-state index >= 15 is 0 Å². The molecule has 250 valence electrons. The van der Waals surface area contributed by atoms with Gasteiger partial charge in [-0.15, -0.1) is 0 Å². The molecule has 0 spiro atoms. The summed E-state index contributed by atoms with van der Waals surface area (Å²) in [5.41, 5.74) is -0.387. The Morgan fingerprint density at radius 2 is 1.26 bits per heavy atom. The first-order chi connectivity index (χ1) is 22.2. The smallest absolute Gasteiger partial charge is 0.425 e. The zero-order valence-corrected chi connectivity index (χ0v) is 26.8. The molecule has 0 N–H and O–H groups in total. The lowest BCUT2D eigenvalue weighted by Gasteiger charge is -2.21. The third-order valence-electron chi connectivity index (χ3n) is 7.79. The first-order valence-electron chi connectivity index (χ1n) is 16.5. The highest BCUT2D eigenvalue weighted by atomic mass is 19.4. The third kappa shape index (κ3) is 11.5. The highest BCUT2D eigenvalue weighted by Gasteiger charge is 2.43. The average molecular weight is 643 g/mol. The van der Waals surface area contributed by atoms with E-state index in [0.717, 1.165) is 32.1 Å². The van der Waals surface area contributed by atoms with Crippen molar-refractivity contribution in [2.75, 3.05) is 0 Å². The van der Waals surface area contributed by atoms with E-state index in [1.165, 1.54) is 43.9 Å². The summed E-state index contributed by atoms with van der Waals surface area (Å²) >= 11 is 0. The minimum Gasteiger partial charge on any atom is -0.449 e. The van der Waals surface area contributed by atoms with Crippen molar-refractivity contribution in [3.63, 3.8) is 0 Å². The van der Waals surface area contributed by atoms with E-state index in [0.29, 0.717) is 23.6 Å². The van der Waals surface area contributed by atoms with Crippen LogP contribution in [0, 0.1) is 0 Å². The van der Waals surface area contributed by atoms with E-state index in [4.69, 9.17) is 14.2 Å². The summed E-state index contributed by atoms with van der Waals surface area (Å²) in [6.07, 6.45) is 3.80. The molecule has 0 bridgehead atoms. The standard InChI is InChI=1S/C37H45F3O6/c1-3-5-7-9-10-11-12-14-24-33(41)44-31-22-18-17-21-29(31)35(42)46-34-28-20-16-15-19-27(28)25-26-30(34)36(43)45-32(37(38,39)40)23-13-8-6-4-2/h15-22,25-26,32H,3-14,23-24H2,1-2H3/t32-/m1/s1. The molecule has 3 aromatic rings. The van der Waals surface area contributed by atoms with Gasteiger partial charge in [-0.3, -0.25) is 4.79 Å². The van der Waals surface area contributed by atoms with Crippen LogP contribution in [0.5, 0.6) is 11.5 Å². The highest BCUT2D eigenvalue weighted by molar-refractivity contribution is 6.04. The van der Waals surface area contributed by atoms with E-state index in [1.54, 1.807) is 42.5 Å². The normalized spacial score (nSPS) is 12.1. The van der Waals surface area contributed by atoms with Gasteiger partial charge in [0, 0.05) is 11.8 Å². The van der Waals surface area contributed by atoms with Crippen molar-refractivity contribution in [1.82, 2.24) is 0 Å². The van der Waals surface area contributed by atoms with Crippen LogP contribution in [0.1, 0.15) is 124 Å². The molecule has 0 aliphatic rings. The molecule has 46 heavy (non-hydrogen) atoms. The van der Waals surface area contributed by atoms with Crippen molar-refractivity contribution < 1.29 is 41.8 Å². The van der Waals surface area contributed by atoms with E-state index in [9.17, 15) is 27.6 Å². The molecule has 6 nitrogen and oxygen atoms in total. The Kier molecular flexibility index (Phi) is 15.1. The van der Waals surface area contributed by atoms with Crippen LogP contribution in [0.2, 0.25) is 0 Å². The van der Waals surface area contributed by atoms with E-state index in [1.807, 2.05) is 6.92 Å². The van der Waals surface area contributed by atoms with Crippen molar-refractivity contribution in [3.8, 4) is 11.5 Å². The van der Waals surface area contributed by atoms with E-state index < -0.39 is 30.2 Å². The van der Waals surface area contributed by atoms with Crippen molar-refractivity contribution in [3.05, 3.63) is 71.8 Å². The van der Waals surface area contributed by atoms with Crippen LogP contribution in [0.15, 0.2) is 60.7 Å². The molecule has 3 rings (SSSR count). The number of carbonyl (C=O) groups excluding carboxylic acids is 3. The number of halogens is 3. The molecule has 1 atom stereocenters. The van der Waals surface area contributed by atoms with Crippen molar-refractivity contribution in [1.29, 1.82) is 0 Å². The first kappa shape index (κ1) is 36.6. The summed E-state index contributed by atoms with van der Waals surface area (Å²) < 4.78 is 57.6. The number of para-hydroxylation sites is 1. The third-order valence-corrected chi connectivity index (χ3v) is 7.79. The fourth-order valence-corrected chi connectivity index (χ4v) is 5.20. The average Bonchev–Trinajstić information content (AvgIpc) is 3.03. The number of rotatable bonds is 19. The summed E-state index contributed by atoms with van der Waals surface area (Å²) in [4.78, 5) is 39.3. The predicted octanol–water partition coefficient (Wildman–Crippen LogP) is 10.6. The van der Waals surface area contributed by atoms with Gasteiger partial charge in [-0.1, -0.05) is 121 Å². The van der Waals surface area contributed by atoms with Crippen LogP contribution in [-0.2, 0) is 9.53 Å². The molecule has 0 aromatic heterocycles. The van der Waals surface area contributed by atoms with Gasteiger partial charge in [-0.25, -0.2) is 9.59 Å². The Bertz CT molecular complexity index is 1420. The molecular weight excluding hydrogens is 597 g/mol. The molecule has 0 unspecified atom stereocenters. The van der Waals surface area contributed by atoms with Crippen molar-refractivity contribution in [2.24, 2.45) is 0 Å². The SMILES string of the molecule is CCCCCCCCCCC(=O)Oc1ccccc1C(=O)Oc1c(C(=O)O[C@H](CCCCCC)C(F)(F)F)ccc2ccccc12. The molecule has 0 fully saturated rings. The fourth-order valence-electron chi connectivity index (χ4n) is 5.20. The lowest BCUT2D eigenvalue weighted by Crippen LogP contribution is -2.34. The molecule has 0 saturated heterocycles. The summed E-state index contributed by atoms with van der Waals surface area (Å²) in [7, 11) is 0. The maximum Gasteiger partial charge on any atom is 0.425 e. The summed E-state index contributed by atoms with van der Waals surface area (Å²) in [5.74, 6) is -2.92. The maximum absolute atomic E-state index is 13.8. The number of carbonyl (C=O) groups is 3. The van der Waals surface area contributed by atoms with Gasteiger partial charge in [0.05, 0.1) is 0 Å². The molecule has 0 saturated carbocycles. The van der Waals surface area contributed by atoms with Crippen LogP contribution in [0.25, 0.3) is 10.8 Å². The number of alkyl halides is 3. The van der Waals surface area contributed by atoms with Crippen LogP contribution in [0.3, 0.4) is 0 Å². The fraction of sp³-hybridized carbons (Fsp3) is 0.486. The summed E-state index contributed by atoms with van der Waals surface area (Å²) in [6, 6.07) is 15.6. The van der Waals surface area contributed by atoms with Crippen molar-refractivity contribution >= 4 is 28.7 Å². The van der Waals surface area contributed by atoms with Gasteiger partial charge in [0.25, 0.3) is 0 Å². The first-order valence-corrected chi connectivity index (χ1v) is 16.5. The van der Waals surface area contributed by atoms with Crippen LogP contribution in [-0.4, -0.2) is 30.2 Å². The Balaban J connectivity index is 1.75. The second-order valence-electron chi connectivity index (χ2n) is 11.5. The molecule has 0 radical (unpaired) electrons. The summed E-state index contributed by atoms with van der Waals surface area (Å²) in [6.45, 7) is 4.12. The second kappa shape index (κ2) is 18.9. The number of unbranched alkanes of at least 4 members (excludes halogenated alkanes) is 10. The number of esters is 3. The van der Waals surface area contributed by atoms with E-state index in [-0.39, 0.29) is 41.9 Å². The lowest BCUT2D eigenvalue weighted by molar-refractivity contribution is -0.206. The zero-order chi connectivity index (χ0) is 33.4. The van der Waals surface area contributed by atoms with Gasteiger partial charge in [-0.05, 0) is 42.8 Å². The number of hydrogen-bond donors (Lipinski definition) is 0. The van der Waals surface area contributed by atoms with Gasteiger partial charge in [0.15, 0.2) is 11.9 Å². The Labute approximate surface area is 269 Å². The van der Waals surface area contributed by atoms with Crippen LogP contribution >= 0.6 is 0 Å². The molecule has 0 aliphatic heterocycles. The van der Waals surface area contributed by atoms with Gasteiger partial charge in [0.1, 0.15) is 16.9 Å². The maximum atomic E-state index is 13.8. The predicted molar refractivity (Wildman–Crippen MR) is 172 cm³/mol. The molecular formula is C37H45F3O6. The summed E-state index contributed by atoms with van der Waals surface area (Å²) in [5, 5.41) is 0.930. The van der Waals surface area contributed by atoms with Crippen LogP contribution < -0.4 is 9.47 Å². The van der Waals surface area contributed by atoms with Crippen molar-refractivity contribution in [2.45, 2.75) is 116 Å². The number of fused-ring (bicyclic) bond motifs is 1. The second-order valence-corrected chi connectivity index (χ2v) is 11.5. The lowest BCUT2D eigenvalue weighted by atomic mass is 10.0. The van der Waals surface area contributed by atoms with Gasteiger partial charge in [-0.2, -0.15) is 13.2 Å². The van der Waals surface area contributed by atoms with Gasteiger partial charge >= 0.3 is 24.1 Å². The topological polar surface area (TPSA) is 78.9 Å². The van der Waals surface area contributed by atoms with Crippen LogP contribution in [0.4, 0.5) is 13.2 Å². The van der Waals surface area contributed by atoms with Gasteiger partial charge < -0.3 is 14.2 Å².